The Morgan fingerprint density at radius 2 is 2.00 bits per heavy atom. The highest BCUT2D eigenvalue weighted by atomic mass is 16.5. The average molecular weight is 367 g/mol. The molecule has 2 aromatic heterocycles. The number of fused-ring (bicyclic) bond motifs is 1. The molecule has 0 aliphatic carbocycles. The lowest BCUT2D eigenvalue weighted by atomic mass is 10.1. The lowest BCUT2D eigenvalue weighted by Crippen LogP contribution is -2.09. The number of anilines is 2. The zero-order valence-corrected chi connectivity index (χ0v) is 16.5. The number of benzene rings is 1. The van der Waals surface area contributed by atoms with E-state index in [9.17, 15) is 0 Å². The second kappa shape index (κ2) is 8.75. The number of aryl methyl sites for hydroxylation is 1. The number of methoxy groups -OCH3 is 1. The molecule has 0 spiro atoms. The molecule has 1 aromatic carbocycles. The molecule has 0 bridgehead atoms. The lowest BCUT2D eigenvalue weighted by molar-refractivity contribution is 0.408. The standard InChI is InChI=1S/C21H29N5O/c1-4-6-7-11-23-20-19-17(24-21(22)25-20)10-12-26(19)14-16-9-8-15(5-2)13-18(16)27-3/h8-10,12-13H,4-7,11,14H2,1-3H3,(H3,22,23,24,25). The van der Waals surface area contributed by atoms with Gasteiger partial charge in [-0.2, -0.15) is 4.98 Å². The molecule has 6 nitrogen and oxygen atoms in total. The summed E-state index contributed by atoms with van der Waals surface area (Å²) in [5.41, 5.74) is 10.1. The summed E-state index contributed by atoms with van der Waals surface area (Å²) >= 11 is 0. The van der Waals surface area contributed by atoms with Gasteiger partial charge in [-0.3, -0.25) is 0 Å². The minimum absolute atomic E-state index is 0.295. The van der Waals surface area contributed by atoms with Gasteiger partial charge >= 0.3 is 0 Å². The Morgan fingerprint density at radius 3 is 2.74 bits per heavy atom. The van der Waals surface area contributed by atoms with Crippen LogP contribution in [-0.2, 0) is 13.0 Å². The molecule has 0 amide bonds. The summed E-state index contributed by atoms with van der Waals surface area (Å²) in [6.45, 7) is 5.90. The molecule has 0 aliphatic heterocycles. The molecule has 0 saturated heterocycles. The molecule has 3 N–H and O–H groups in total. The number of rotatable bonds is 9. The molecule has 27 heavy (non-hydrogen) atoms. The van der Waals surface area contributed by atoms with E-state index < -0.39 is 0 Å². The molecule has 3 rings (SSSR count). The summed E-state index contributed by atoms with van der Waals surface area (Å²) in [5, 5.41) is 3.44. The monoisotopic (exact) mass is 367 g/mol. The van der Waals surface area contributed by atoms with Crippen molar-refractivity contribution in [2.45, 2.75) is 46.1 Å². The third-order valence-electron chi connectivity index (χ3n) is 4.80. The van der Waals surface area contributed by atoms with Crippen LogP contribution in [-0.4, -0.2) is 28.2 Å². The topological polar surface area (TPSA) is 78.0 Å². The van der Waals surface area contributed by atoms with Crippen molar-refractivity contribution in [2.75, 3.05) is 24.7 Å². The largest absolute Gasteiger partial charge is 0.496 e. The fourth-order valence-electron chi connectivity index (χ4n) is 3.28. The molecule has 0 aliphatic rings. The molecule has 0 unspecified atom stereocenters. The third-order valence-corrected chi connectivity index (χ3v) is 4.80. The quantitative estimate of drug-likeness (QED) is 0.553. The Labute approximate surface area is 160 Å². The van der Waals surface area contributed by atoms with Crippen LogP contribution in [0.2, 0.25) is 0 Å². The lowest BCUT2D eigenvalue weighted by Gasteiger charge is -2.14. The molecule has 0 fully saturated rings. The normalized spacial score (nSPS) is 11.1. The van der Waals surface area contributed by atoms with E-state index in [1.807, 2.05) is 12.3 Å². The Hall–Kier alpha value is -2.76. The highest BCUT2D eigenvalue weighted by molar-refractivity contribution is 5.87. The maximum absolute atomic E-state index is 5.90. The van der Waals surface area contributed by atoms with Crippen molar-refractivity contribution < 1.29 is 4.74 Å². The molecule has 2 heterocycles. The van der Waals surface area contributed by atoms with Gasteiger partial charge in [0.1, 0.15) is 11.3 Å². The van der Waals surface area contributed by atoms with Crippen molar-refractivity contribution >= 4 is 22.8 Å². The molecule has 0 atom stereocenters. The van der Waals surface area contributed by atoms with Crippen LogP contribution in [0.5, 0.6) is 5.75 Å². The van der Waals surface area contributed by atoms with E-state index in [-0.39, 0.29) is 0 Å². The highest BCUT2D eigenvalue weighted by Gasteiger charge is 2.13. The first-order valence-electron chi connectivity index (χ1n) is 9.68. The van der Waals surface area contributed by atoms with Gasteiger partial charge in [0.25, 0.3) is 0 Å². The summed E-state index contributed by atoms with van der Waals surface area (Å²) in [6.07, 6.45) is 6.51. The summed E-state index contributed by atoms with van der Waals surface area (Å²) in [7, 11) is 1.72. The summed E-state index contributed by atoms with van der Waals surface area (Å²) in [4.78, 5) is 8.83. The van der Waals surface area contributed by atoms with Crippen LogP contribution in [0.1, 0.15) is 44.2 Å². The van der Waals surface area contributed by atoms with Gasteiger partial charge in [-0.25, -0.2) is 4.98 Å². The van der Waals surface area contributed by atoms with E-state index in [1.54, 1.807) is 7.11 Å². The van der Waals surface area contributed by atoms with E-state index in [4.69, 9.17) is 10.5 Å². The van der Waals surface area contributed by atoms with Crippen LogP contribution in [0, 0.1) is 0 Å². The number of aromatic nitrogens is 3. The second-order valence-electron chi connectivity index (χ2n) is 6.74. The van der Waals surface area contributed by atoms with Crippen molar-refractivity contribution in [1.29, 1.82) is 0 Å². The van der Waals surface area contributed by atoms with E-state index in [1.165, 1.54) is 18.4 Å². The fraction of sp³-hybridized carbons (Fsp3) is 0.429. The van der Waals surface area contributed by atoms with E-state index in [2.05, 4.69) is 51.9 Å². The Balaban J connectivity index is 1.93. The van der Waals surface area contributed by atoms with Crippen LogP contribution in [0.15, 0.2) is 30.5 Å². The Morgan fingerprint density at radius 1 is 1.15 bits per heavy atom. The number of unbranched alkanes of at least 4 members (excludes halogenated alkanes) is 2. The van der Waals surface area contributed by atoms with Gasteiger partial charge in [0.05, 0.1) is 19.2 Å². The minimum atomic E-state index is 0.295. The van der Waals surface area contributed by atoms with Crippen molar-refractivity contribution in [3.05, 3.63) is 41.6 Å². The average Bonchev–Trinajstić information content (AvgIpc) is 3.08. The third kappa shape index (κ3) is 4.32. The van der Waals surface area contributed by atoms with Crippen molar-refractivity contribution in [3.8, 4) is 5.75 Å². The number of nitrogens with zero attached hydrogens (tertiary/aromatic N) is 3. The Kier molecular flexibility index (Phi) is 6.16. The molecular weight excluding hydrogens is 338 g/mol. The van der Waals surface area contributed by atoms with Crippen LogP contribution in [0.4, 0.5) is 11.8 Å². The van der Waals surface area contributed by atoms with Crippen LogP contribution >= 0.6 is 0 Å². The van der Waals surface area contributed by atoms with Crippen molar-refractivity contribution in [2.24, 2.45) is 0 Å². The van der Waals surface area contributed by atoms with Crippen molar-refractivity contribution in [3.63, 3.8) is 0 Å². The number of hydrogen-bond donors (Lipinski definition) is 2. The zero-order chi connectivity index (χ0) is 19.2. The van der Waals surface area contributed by atoms with Crippen LogP contribution < -0.4 is 15.8 Å². The van der Waals surface area contributed by atoms with Gasteiger partial charge in [-0.15, -0.1) is 0 Å². The minimum Gasteiger partial charge on any atom is -0.496 e. The maximum Gasteiger partial charge on any atom is 0.222 e. The van der Waals surface area contributed by atoms with Gasteiger partial charge in [0.2, 0.25) is 5.95 Å². The number of nitrogens with one attached hydrogen (secondary N) is 1. The van der Waals surface area contributed by atoms with Gasteiger partial charge in [0.15, 0.2) is 5.82 Å². The Bertz CT molecular complexity index is 903. The van der Waals surface area contributed by atoms with E-state index >= 15 is 0 Å². The predicted octanol–water partition coefficient (Wildman–Crippen LogP) is 4.23. The fourth-order valence-corrected chi connectivity index (χ4v) is 3.28. The molecular formula is C21H29N5O. The zero-order valence-electron chi connectivity index (χ0n) is 16.5. The van der Waals surface area contributed by atoms with Crippen molar-refractivity contribution in [1.82, 2.24) is 14.5 Å². The van der Waals surface area contributed by atoms with Crippen LogP contribution in [0.3, 0.4) is 0 Å². The first kappa shape index (κ1) is 19.0. The smallest absolute Gasteiger partial charge is 0.222 e. The molecule has 144 valence electrons. The molecule has 0 saturated carbocycles. The first-order chi connectivity index (χ1) is 13.2. The number of hydrogen-bond acceptors (Lipinski definition) is 5. The highest BCUT2D eigenvalue weighted by Crippen LogP contribution is 2.27. The van der Waals surface area contributed by atoms with Gasteiger partial charge in [0, 0.05) is 18.3 Å². The van der Waals surface area contributed by atoms with Gasteiger partial charge < -0.3 is 20.4 Å². The molecule has 6 heteroatoms. The molecule has 3 aromatic rings. The summed E-state index contributed by atoms with van der Waals surface area (Å²) < 4.78 is 7.76. The number of ether oxygens (including phenoxy) is 1. The summed E-state index contributed by atoms with van der Waals surface area (Å²) in [5.74, 6) is 2.00. The number of nitrogens with two attached hydrogens (primary N) is 1. The first-order valence-corrected chi connectivity index (χ1v) is 9.68. The predicted molar refractivity (Wildman–Crippen MR) is 111 cm³/mol. The molecule has 0 radical (unpaired) electrons. The summed E-state index contributed by atoms with van der Waals surface area (Å²) in [6, 6.07) is 8.38. The van der Waals surface area contributed by atoms with E-state index in [0.717, 1.165) is 47.6 Å². The second-order valence-corrected chi connectivity index (χ2v) is 6.74. The number of nitrogen functional groups attached to an aromatic ring is 1. The van der Waals surface area contributed by atoms with E-state index in [0.29, 0.717) is 12.5 Å². The van der Waals surface area contributed by atoms with Crippen LogP contribution in [0.25, 0.3) is 11.0 Å². The maximum atomic E-state index is 5.90. The van der Waals surface area contributed by atoms with Gasteiger partial charge in [-0.1, -0.05) is 38.8 Å². The van der Waals surface area contributed by atoms with Gasteiger partial charge in [-0.05, 0) is 30.5 Å². The SMILES string of the molecule is CCCCCNc1nc(N)nc2ccn(Cc3ccc(CC)cc3OC)c12.